The molecule has 0 bridgehead atoms. The average Bonchev–Trinajstić information content (AvgIpc) is 3.10. The number of nitrogens with zero attached hydrogens (tertiary/aromatic N) is 3. The minimum absolute atomic E-state index is 0.142. The minimum atomic E-state index is -0.142. The first-order valence-electron chi connectivity index (χ1n) is 10.1. The standard InChI is InChI=1S/C23H28N4O3S/c1-15(2)17-11-10-16(3)12-20(17)30-13-21-25-26-23(27(21)4)31-14-22(28)24-18-8-6-7-9-19(18)29-5/h6-12,15H,13-14H2,1-5H3,(H,24,28). The molecule has 164 valence electrons. The van der Waals surface area contributed by atoms with Gasteiger partial charge < -0.3 is 19.4 Å². The molecule has 8 heteroatoms. The van der Waals surface area contributed by atoms with Gasteiger partial charge in [-0.25, -0.2) is 0 Å². The second kappa shape index (κ2) is 10.3. The van der Waals surface area contributed by atoms with E-state index in [1.54, 1.807) is 19.2 Å². The molecule has 3 aromatic rings. The summed E-state index contributed by atoms with van der Waals surface area (Å²) in [4.78, 5) is 12.3. The van der Waals surface area contributed by atoms with E-state index in [9.17, 15) is 4.79 Å². The van der Waals surface area contributed by atoms with Crippen molar-refractivity contribution in [2.24, 2.45) is 7.05 Å². The summed E-state index contributed by atoms with van der Waals surface area (Å²) in [7, 11) is 3.45. The lowest BCUT2D eigenvalue weighted by Crippen LogP contribution is -2.15. The Hall–Kier alpha value is -3.00. The maximum Gasteiger partial charge on any atom is 0.234 e. The first-order chi connectivity index (χ1) is 14.9. The highest BCUT2D eigenvalue weighted by Gasteiger charge is 2.14. The fourth-order valence-electron chi connectivity index (χ4n) is 3.05. The summed E-state index contributed by atoms with van der Waals surface area (Å²) in [6.07, 6.45) is 0. The van der Waals surface area contributed by atoms with E-state index in [2.05, 4.69) is 41.5 Å². The van der Waals surface area contributed by atoms with Gasteiger partial charge in [0.15, 0.2) is 11.0 Å². The molecule has 2 aromatic carbocycles. The molecule has 0 aliphatic carbocycles. The number of anilines is 1. The molecule has 3 rings (SSSR count). The number of aryl methyl sites for hydroxylation is 1. The zero-order valence-electron chi connectivity index (χ0n) is 18.5. The molecule has 0 aliphatic heterocycles. The maximum absolute atomic E-state index is 12.3. The first-order valence-corrected chi connectivity index (χ1v) is 11.0. The van der Waals surface area contributed by atoms with Gasteiger partial charge in [-0.05, 0) is 42.2 Å². The predicted molar refractivity (Wildman–Crippen MR) is 123 cm³/mol. The van der Waals surface area contributed by atoms with Crippen LogP contribution in [-0.4, -0.2) is 33.5 Å². The van der Waals surface area contributed by atoms with Crippen molar-refractivity contribution in [3.63, 3.8) is 0 Å². The van der Waals surface area contributed by atoms with Crippen molar-refractivity contribution in [2.45, 2.75) is 38.5 Å². The fourth-order valence-corrected chi connectivity index (χ4v) is 3.78. The van der Waals surface area contributed by atoms with Crippen molar-refractivity contribution in [1.29, 1.82) is 0 Å². The normalized spacial score (nSPS) is 10.9. The molecule has 1 aromatic heterocycles. The number of benzene rings is 2. The quantitative estimate of drug-likeness (QED) is 0.491. The number of para-hydroxylation sites is 2. The summed E-state index contributed by atoms with van der Waals surface area (Å²) in [5, 5.41) is 12.0. The molecule has 1 amide bonds. The number of thioether (sulfide) groups is 1. The van der Waals surface area contributed by atoms with Gasteiger partial charge in [-0.1, -0.05) is 49.9 Å². The average molecular weight is 441 g/mol. The lowest BCUT2D eigenvalue weighted by Gasteiger charge is -2.14. The van der Waals surface area contributed by atoms with Crippen LogP contribution < -0.4 is 14.8 Å². The number of methoxy groups -OCH3 is 1. The van der Waals surface area contributed by atoms with Crippen molar-refractivity contribution >= 4 is 23.4 Å². The first kappa shape index (κ1) is 22.7. The van der Waals surface area contributed by atoms with Crippen molar-refractivity contribution < 1.29 is 14.3 Å². The number of carbonyl (C=O) groups is 1. The van der Waals surface area contributed by atoms with Gasteiger partial charge in [0.1, 0.15) is 18.1 Å². The number of nitrogens with one attached hydrogen (secondary N) is 1. The molecule has 0 saturated heterocycles. The van der Waals surface area contributed by atoms with Crippen molar-refractivity contribution in [2.75, 3.05) is 18.2 Å². The summed E-state index contributed by atoms with van der Waals surface area (Å²) >= 11 is 1.32. The Kier molecular flexibility index (Phi) is 7.57. The number of hydrogen-bond donors (Lipinski definition) is 1. The van der Waals surface area contributed by atoms with Crippen molar-refractivity contribution in [3.05, 3.63) is 59.4 Å². The van der Waals surface area contributed by atoms with E-state index in [0.29, 0.717) is 34.9 Å². The van der Waals surface area contributed by atoms with Gasteiger partial charge >= 0.3 is 0 Å². The molecule has 7 nitrogen and oxygen atoms in total. The van der Waals surface area contributed by atoms with E-state index in [4.69, 9.17) is 9.47 Å². The number of carbonyl (C=O) groups excluding carboxylic acids is 1. The highest BCUT2D eigenvalue weighted by Crippen LogP contribution is 2.28. The maximum atomic E-state index is 12.3. The molecule has 1 N–H and O–H groups in total. The second-order valence-corrected chi connectivity index (χ2v) is 8.42. The van der Waals surface area contributed by atoms with Crippen LogP contribution in [0.25, 0.3) is 0 Å². The molecule has 0 radical (unpaired) electrons. The van der Waals surface area contributed by atoms with Crippen LogP contribution in [0.2, 0.25) is 0 Å². The Labute approximate surface area is 187 Å². The SMILES string of the molecule is COc1ccccc1NC(=O)CSc1nnc(COc2cc(C)ccc2C(C)C)n1C. The lowest BCUT2D eigenvalue weighted by atomic mass is 10.0. The van der Waals surface area contributed by atoms with Crippen LogP contribution in [0.1, 0.15) is 36.7 Å². The number of rotatable bonds is 9. The molecule has 0 spiro atoms. The summed E-state index contributed by atoms with van der Waals surface area (Å²) in [5.41, 5.74) is 2.95. The Balaban J connectivity index is 1.59. The van der Waals surface area contributed by atoms with Crippen LogP contribution in [0.5, 0.6) is 11.5 Å². The third kappa shape index (κ3) is 5.79. The van der Waals surface area contributed by atoms with Crippen LogP contribution in [0.4, 0.5) is 5.69 Å². The van der Waals surface area contributed by atoms with Crippen LogP contribution in [0, 0.1) is 6.92 Å². The van der Waals surface area contributed by atoms with Crippen molar-refractivity contribution in [1.82, 2.24) is 14.8 Å². The lowest BCUT2D eigenvalue weighted by molar-refractivity contribution is -0.113. The topological polar surface area (TPSA) is 78.3 Å². The van der Waals surface area contributed by atoms with E-state index in [-0.39, 0.29) is 11.7 Å². The molecule has 0 unspecified atom stereocenters. The number of ether oxygens (including phenoxy) is 2. The molecule has 0 fully saturated rings. The number of amides is 1. The third-order valence-corrected chi connectivity index (χ3v) is 5.81. The zero-order chi connectivity index (χ0) is 22.4. The summed E-state index contributed by atoms with van der Waals surface area (Å²) < 4.78 is 13.2. The molecule has 31 heavy (non-hydrogen) atoms. The van der Waals surface area contributed by atoms with Gasteiger partial charge in [0.25, 0.3) is 0 Å². The summed E-state index contributed by atoms with van der Waals surface area (Å²) in [5.74, 6) is 2.61. The Morgan fingerprint density at radius 1 is 1.16 bits per heavy atom. The second-order valence-electron chi connectivity index (χ2n) is 7.48. The van der Waals surface area contributed by atoms with Gasteiger partial charge in [0.05, 0.1) is 18.6 Å². The van der Waals surface area contributed by atoms with Crippen LogP contribution in [0.15, 0.2) is 47.6 Å². The molecule has 0 atom stereocenters. The van der Waals surface area contributed by atoms with E-state index < -0.39 is 0 Å². The predicted octanol–water partition coefficient (Wildman–Crippen LogP) is 4.57. The Morgan fingerprint density at radius 3 is 2.68 bits per heavy atom. The van der Waals surface area contributed by atoms with Gasteiger partial charge in [0, 0.05) is 7.05 Å². The van der Waals surface area contributed by atoms with Gasteiger partial charge in [-0.15, -0.1) is 10.2 Å². The minimum Gasteiger partial charge on any atom is -0.495 e. The summed E-state index contributed by atoms with van der Waals surface area (Å²) in [6.45, 7) is 6.64. The number of aromatic nitrogens is 3. The highest BCUT2D eigenvalue weighted by atomic mass is 32.2. The largest absolute Gasteiger partial charge is 0.495 e. The Bertz CT molecular complexity index is 1050. The molecular weight excluding hydrogens is 412 g/mol. The van der Waals surface area contributed by atoms with E-state index >= 15 is 0 Å². The summed E-state index contributed by atoms with van der Waals surface area (Å²) in [6, 6.07) is 13.5. The molecule has 0 aliphatic rings. The molecule has 1 heterocycles. The van der Waals surface area contributed by atoms with E-state index in [1.807, 2.05) is 36.7 Å². The highest BCUT2D eigenvalue weighted by molar-refractivity contribution is 7.99. The third-order valence-electron chi connectivity index (χ3n) is 4.79. The smallest absolute Gasteiger partial charge is 0.234 e. The van der Waals surface area contributed by atoms with Crippen LogP contribution in [-0.2, 0) is 18.4 Å². The molecule has 0 saturated carbocycles. The van der Waals surface area contributed by atoms with Crippen LogP contribution in [0.3, 0.4) is 0 Å². The van der Waals surface area contributed by atoms with E-state index in [0.717, 1.165) is 16.9 Å². The Morgan fingerprint density at radius 2 is 1.94 bits per heavy atom. The fraction of sp³-hybridized carbons (Fsp3) is 0.348. The van der Waals surface area contributed by atoms with Crippen molar-refractivity contribution in [3.8, 4) is 11.5 Å². The van der Waals surface area contributed by atoms with E-state index in [1.165, 1.54) is 11.8 Å². The molecular formula is C23H28N4O3S. The van der Waals surface area contributed by atoms with Gasteiger partial charge in [-0.3, -0.25) is 4.79 Å². The van der Waals surface area contributed by atoms with Gasteiger partial charge in [-0.2, -0.15) is 0 Å². The number of hydrogen-bond acceptors (Lipinski definition) is 6. The monoisotopic (exact) mass is 440 g/mol. The van der Waals surface area contributed by atoms with Crippen LogP contribution >= 0.6 is 11.8 Å². The zero-order valence-corrected chi connectivity index (χ0v) is 19.3. The van der Waals surface area contributed by atoms with Gasteiger partial charge in [0.2, 0.25) is 5.91 Å².